The van der Waals surface area contributed by atoms with Crippen molar-refractivity contribution in [3.63, 3.8) is 0 Å². The molecule has 1 aliphatic rings. The van der Waals surface area contributed by atoms with Crippen LogP contribution in [0.3, 0.4) is 0 Å². The third-order valence-corrected chi connectivity index (χ3v) is 5.97. The maximum absolute atomic E-state index is 13.1. The highest BCUT2D eigenvalue weighted by molar-refractivity contribution is 5.95. The lowest BCUT2D eigenvalue weighted by molar-refractivity contribution is -0.138. The van der Waals surface area contributed by atoms with Gasteiger partial charge in [-0.1, -0.05) is 24.3 Å². The molecular weight excluding hydrogens is 432 g/mol. The molecule has 0 bridgehead atoms. The van der Waals surface area contributed by atoms with E-state index in [-0.39, 0.29) is 31.1 Å². The molecule has 1 fully saturated rings. The number of nitrogens with zero attached hydrogens (tertiary/aromatic N) is 1. The van der Waals surface area contributed by atoms with E-state index in [0.717, 1.165) is 35.2 Å². The number of ether oxygens (including phenoxy) is 3. The van der Waals surface area contributed by atoms with E-state index in [1.165, 1.54) is 4.90 Å². The molecule has 1 atom stereocenters. The Hall–Kier alpha value is -3.32. The monoisotopic (exact) mass is 466 g/mol. The number of aryl methyl sites for hydroxylation is 1. The van der Waals surface area contributed by atoms with E-state index < -0.39 is 0 Å². The van der Waals surface area contributed by atoms with E-state index in [1.54, 1.807) is 13.2 Å². The second-order valence-electron chi connectivity index (χ2n) is 8.47. The molecule has 0 spiro atoms. The van der Waals surface area contributed by atoms with Gasteiger partial charge in [0, 0.05) is 18.8 Å². The lowest BCUT2D eigenvalue weighted by Gasteiger charge is -2.25. The molecule has 1 N–H and O–H groups in total. The Morgan fingerprint density at radius 2 is 2.06 bits per heavy atom. The predicted molar refractivity (Wildman–Crippen MR) is 132 cm³/mol. The number of carbonyl (C=O) groups excluding carboxylic acids is 2. The van der Waals surface area contributed by atoms with Crippen LogP contribution >= 0.6 is 0 Å². The van der Waals surface area contributed by atoms with Crippen LogP contribution in [0.15, 0.2) is 49.1 Å². The summed E-state index contributed by atoms with van der Waals surface area (Å²) in [5.41, 5.74) is 3.87. The second-order valence-corrected chi connectivity index (χ2v) is 8.47. The van der Waals surface area contributed by atoms with Crippen LogP contribution in [0.1, 0.15) is 29.5 Å². The fourth-order valence-corrected chi connectivity index (χ4v) is 3.89. The van der Waals surface area contributed by atoms with Crippen LogP contribution < -0.4 is 14.8 Å². The number of nitrogens with one attached hydrogen (secondary N) is 1. The summed E-state index contributed by atoms with van der Waals surface area (Å²) in [6, 6.07) is 11.3. The standard InChI is InChI=1S/C27H34N2O5/c1-5-8-21-12-13-24(25(15-21)32-4)34-18-27(31)29(16-22-10-7-14-33-22)17-26(30)28-23-11-6-9-19(2)20(23)3/h5-6,9,11-13,15,22H,1,7-8,10,14,16-18H2,2-4H3,(H,28,30). The summed E-state index contributed by atoms with van der Waals surface area (Å²) in [6.07, 6.45) is 4.25. The molecule has 7 heteroatoms. The Labute approximate surface area is 201 Å². The third kappa shape index (κ3) is 6.84. The fraction of sp³-hybridized carbons (Fsp3) is 0.407. The molecule has 0 radical (unpaired) electrons. The van der Waals surface area contributed by atoms with Crippen molar-refractivity contribution in [3.8, 4) is 11.5 Å². The van der Waals surface area contributed by atoms with E-state index in [0.29, 0.717) is 31.1 Å². The molecule has 1 unspecified atom stereocenters. The molecule has 182 valence electrons. The molecule has 1 aliphatic heterocycles. The van der Waals surface area contributed by atoms with Crippen molar-refractivity contribution in [3.05, 3.63) is 65.7 Å². The van der Waals surface area contributed by atoms with Gasteiger partial charge in [-0.05, 0) is 68.0 Å². The average molecular weight is 467 g/mol. The molecule has 2 amide bonds. The number of rotatable bonds is 11. The maximum Gasteiger partial charge on any atom is 0.261 e. The van der Waals surface area contributed by atoms with Gasteiger partial charge in [0.1, 0.15) is 6.54 Å². The number of amides is 2. The van der Waals surface area contributed by atoms with Gasteiger partial charge in [0.15, 0.2) is 18.1 Å². The largest absolute Gasteiger partial charge is 0.493 e. The molecule has 0 saturated carbocycles. The molecule has 7 nitrogen and oxygen atoms in total. The zero-order valence-electron chi connectivity index (χ0n) is 20.3. The highest BCUT2D eigenvalue weighted by Gasteiger charge is 2.25. The maximum atomic E-state index is 13.1. The molecule has 34 heavy (non-hydrogen) atoms. The van der Waals surface area contributed by atoms with Gasteiger partial charge in [0.25, 0.3) is 5.91 Å². The van der Waals surface area contributed by atoms with Crippen LogP contribution in [0.5, 0.6) is 11.5 Å². The van der Waals surface area contributed by atoms with Crippen molar-refractivity contribution in [2.45, 2.75) is 39.2 Å². The first kappa shape index (κ1) is 25.3. The highest BCUT2D eigenvalue weighted by Crippen LogP contribution is 2.28. The minimum absolute atomic E-state index is 0.0785. The second kappa shape index (κ2) is 12.2. The zero-order chi connectivity index (χ0) is 24.5. The molecule has 0 aromatic heterocycles. The Kier molecular flexibility index (Phi) is 9.10. The van der Waals surface area contributed by atoms with E-state index >= 15 is 0 Å². The van der Waals surface area contributed by atoms with Crippen molar-refractivity contribution in [2.75, 3.05) is 38.7 Å². The molecule has 3 rings (SSSR count). The summed E-state index contributed by atoms with van der Waals surface area (Å²) in [5.74, 6) is 0.473. The zero-order valence-corrected chi connectivity index (χ0v) is 20.3. The Morgan fingerprint density at radius 3 is 2.76 bits per heavy atom. The van der Waals surface area contributed by atoms with Gasteiger partial charge in [-0.3, -0.25) is 9.59 Å². The fourth-order valence-electron chi connectivity index (χ4n) is 3.89. The van der Waals surface area contributed by atoms with E-state index in [4.69, 9.17) is 14.2 Å². The number of anilines is 1. The van der Waals surface area contributed by atoms with Gasteiger partial charge in [0.05, 0.1) is 13.2 Å². The molecular formula is C27H34N2O5. The summed E-state index contributed by atoms with van der Waals surface area (Å²) in [5, 5.41) is 2.93. The van der Waals surface area contributed by atoms with Gasteiger partial charge >= 0.3 is 0 Å². The average Bonchev–Trinajstić information content (AvgIpc) is 3.34. The smallest absolute Gasteiger partial charge is 0.261 e. The Balaban J connectivity index is 1.67. The van der Waals surface area contributed by atoms with E-state index in [9.17, 15) is 9.59 Å². The molecule has 1 heterocycles. The summed E-state index contributed by atoms with van der Waals surface area (Å²) in [6.45, 7) is 8.43. The SMILES string of the molecule is C=CCc1ccc(OCC(=O)N(CC(=O)Nc2cccc(C)c2C)CC2CCCO2)c(OC)c1. The number of carbonyl (C=O) groups is 2. The van der Waals surface area contributed by atoms with Gasteiger partial charge in [0.2, 0.25) is 5.91 Å². The number of hydrogen-bond acceptors (Lipinski definition) is 5. The van der Waals surface area contributed by atoms with Crippen molar-refractivity contribution >= 4 is 17.5 Å². The predicted octanol–water partition coefficient (Wildman–Crippen LogP) is 4.07. The van der Waals surface area contributed by atoms with Crippen LogP contribution in [-0.2, 0) is 20.7 Å². The van der Waals surface area contributed by atoms with Crippen molar-refractivity contribution < 1.29 is 23.8 Å². The van der Waals surface area contributed by atoms with E-state index in [1.807, 2.05) is 50.3 Å². The van der Waals surface area contributed by atoms with Gasteiger partial charge in [-0.25, -0.2) is 0 Å². The summed E-state index contributed by atoms with van der Waals surface area (Å²) in [7, 11) is 1.56. The number of methoxy groups -OCH3 is 1. The van der Waals surface area contributed by atoms with Crippen molar-refractivity contribution in [1.82, 2.24) is 4.90 Å². The third-order valence-electron chi connectivity index (χ3n) is 5.97. The van der Waals surface area contributed by atoms with Gasteiger partial charge in [-0.15, -0.1) is 6.58 Å². The number of benzene rings is 2. The number of allylic oxidation sites excluding steroid dienone is 1. The Bertz CT molecular complexity index is 1010. The van der Waals surface area contributed by atoms with Crippen LogP contribution in [0.4, 0.5) is 5.69 Å². The first-order chi connectivity index (χ1) is 16.4. The molecule has 2 aromatic rings. The topological polar surface area (TPSA) is 77.1 Å². The van der Waals surface area contributed by atoms with Gasteiger partial charge < -0.3 is 24.4 Å². The molecule has 0 aliphatic carbocycles. The quantitative estimate of drug-likeness (QED) is 0.505. The van der Waals surface area contributed by atoms with E-state index in [2.05, 4.69) is 11.9 Å². The van der Waals surface area contributed by atoms with Gasteiger partial charge in [-0.2, -0.15) is 0 Å². The van der Waals surface area contributed by atoms with Crippen LogP contribution in [0.2, 0.25) is 0 Å². The lowest BCUT2D eigenvalue weighted by atomic mass is 10.1. The first-order valence-electron chi connectivity index (χ1n) is 11.6. The number of hydrogen-bond donors (Lipinski definition) is 1. The highest BCUT2D eigenvalue weighted by atomic mass is 16.5. The molecule has 1 saturated heterocycles. The minimum Gasteiger partial charge on any atom is -0.493 e. The van der Waals surface area contributed by atoms with Crippen LogP contribution in [-0.4, -0.2) is 56.2 Å². The van der Waals surface area contributed by atoms with Crippen molar-refractivity contribution in [1.29, 1.82) is 0 Å². The molecule has 2 aromatic carbocycles. The summed E-state index contributed by atoms with van der Waals surface area (Å²) < 4.78 is 16.9. The first-order valence-corrected chi connectivity index (χ1v) is 11.6. The van der Waals surface area contributed by atoms with Crippen molar-refractivity contribution in [2.24, 2.45) is 0 Å². The summed E-state index contributed by atoms with van der Waals surface area (Å²) in [4.78, 5) is 27.4. The summed E-state index contributed by atoms with van der Waals surface area (Å²) >= 11 is 0. The lowest BCUT2D eigenvalue weighted by Crippen LogP contribution is -2.44. The minimum atomic E-state index is -0.288. The van der Waals surface area contributed by atoms with Crippen LogP contribution in [0.25, 0.3) is 0 Å². The Morgan fingerprint density at radius 1 is 1.24 bits per heavy atom. The van der Waals surface area contributed by atoms with Crippen LogP contribution in [0, 0.1) is 13.8 Å². The normalized spacial score (nSPS) is 15.0.